The van der Waals surface area contributed by atoms with Gasteiger partial charge in [-0.2, -0.15) is 4.37 Å². The summed E-state index contributed by atoms with van der Waals surface area (Å²) in [6.07, 6.45) is 3.02. The Morgan fingerprint density at radius 3 is 2.80 bits per heavy atom. The Hall–Kier alpha value is -0.0800. The summed E-state index contributed by atoms with van der Waals surface area (Å²) in [5.74, 6) is 0. The van der Waals surface area contributed by atoms with E-state index in [4.69, 9.17) is 11.6 Å². The quantitative estimate of drug-likeness (QED) is 0.672. The molecule has 0 fully saturated rings. The summed E-state index contributed by atoms with van der Waals surface area (Å²) in [6, 6.07) is 0. The van der Waals surface area contributed by atoms with Crippen LogP contribution in [0, 0.1) is 13.3 Å². The number of hydrogen-bond donors (Lipinski definition) is 0. The van der Waals surface area contributed by atoms with Crippen molar-refractivity contribution in [3.05, 3.63) is 22.0 Å². The molecule has 0 unspecified atom stereocenters. The fourth-order valence-corrected chi connectivity index (χ4v) is 1.80. The first-order valence-corrected chi connectivity index (χ1v) is 4.29. The summed E-state index contributed by atoms with van der Waals surface area (Å²) in [6.45, 7) is 3.95. The minimum Gasteiger partial charge on any atom is -0.196 e. The first-order chi connectivity index (χ1) is 4.75. The fraction of sp³-hybridized carbons (Fsp3) is 0.429. The summed E-state index contributed by atoms with van der Waals surface area (Å²) in [5, 5.41) is 0.836. The van der Waals surface area contributed by atoms with Gasteiger partial charge in [-0.3, -0.25) is 0 Å². The van der Waals surface area contributed by atoms with Crippen molar-refractivity contribution in [3.8, 4) is 0 Å². The predicted molar refractivity (Wildman–Crippen MR) is 45.5 cm³/mol. The van der Waals surface area contributed by atoms with E-state index in [0.717, 1.165) is 17.1 Å². The SMILES string of the molecule is C[CH]Cc1snc(C)c1Cl. The van der Waals surface area contributed by atoms with Gasteiger partial charge >= 0.3 is 0 Å². The molecule has 0 bridgehead atoms. The van der Waals surface area contributed by atoms with E-state index in [1.54, 1.807) is 0 Å². The second-order valence-corrected chi connectivity index (χ2v) is 3.35. The first-order valence-electron chi connectivity index (χ1n) is 3.14. The molecule has 10 heavy (non-hydrogen) atoms. The van der Waals surface area contributed by atoms with Crippen LogP contribution in [-0.4, -0.2) is 4.37 Å². The minimum absolute atomic E-state index is 0.836. The van der Waals surface area contributed by atoms with Crippen LogP contribution in [-0.2, 0) is 6.42 Å². The maximum absolute atomic E-state index is 5.92. The lowest BCUT2D eigenvalue weighted by Crippen LogP contribution is -1.77. The van der Waals surface area contributed by atoms with Gasteiger partial charge in [-0.15, -0.1) is 0 Å². The van der Waals surface area contributed by atoms with Crippen molar-refractivity contribution in [1.82, 2.24) is 4.37 Å². The van der Waals surface area contributed by atoms with Gasteiger partial charge in [-0.25, -0.2) is 0 Å². The molecule has 0 N–H and O–H groups in total. The molecule has 1 radical (unpaired) electrons. The fourth-order valence-electron chi connectivity index (χ4n) is 0.718. The maximum atomic E-state index is 5.92. The third-order valence-electron chi connectivity index (χ3n) is 1.24. The number of halogens is 1. The second-order valence-electron chi connectivity index (χ2n) is 2.12. The molecule has 0 aliphatic rings. The van der Waals surface area contributed by atoms with Crippen molar-refractivity contribution in [1.29, 1.82) is 0 Å². The zero-order valence-electron chi connectivity index (χ0n) is 6.02. The average molecular weight is 175 g/mol. The van der Waals surface area contributed by atoms with E-state index < -0.39 is 0 Å². The number of aryl methyl sites for hydroxylation is 1. The monoisotopic (exact) mass is 174 g/mol. The highest BCUT2D eigenvalue weighted by molar-refractivity contribution is 7.06. The summed E-state index contributed by atoms with van der Waals surface area (Å²) in [4.78, 5) is 1.17. The molecule has 1 heterocycles. The van der Waals surface area contributed by atoms with E-state index in [-0.39, 0.29) is 0 Å². The van der Waals surface area contributed by atoms with E-state index in [1.807, 2.05) is 13.8 Å². The normalized spacial score (nSPS) is 10.3. The van der Waals surface area contributed by atoms with Crippen molar-refractivity contribution in [2.75, 3.05) is 0 Å². The van der Waals surface area contributed by atoms with Crippen LogP contribution >= 0.6 is 23.1 Å². The Kier molecular flexibility index (Phi) is 2.69. The number of rotatable bonds is 2. The first kappa shape index (κ1) is 8.02. The summed E-state index contributed by atoms with van der Waals surface area (Å²) >= 11 is 7.40. The van der Waals surface area contributed by atoms with Gasteiger partial charge in [0.2, 0.25) is 0 Å². The zero-order valence-corrected chi connectivity index (χ0v) is 7.59. The van der Waals surface area contributed by atoms with E-state index in [1.165, 1.54) is 16.4 Å². The van der Waals surface area contributed by atoms with Crippen LogP contribution in [0.25, 0.3) is 0 Å². The molecule has 0 saturated heterocycles. The highest BCUT2D eigenvalue weighted by atomic mass is 35.5. The van der Waals surface area contributed by atoms with E-state index in [9.17, 15) is 0 Å². The van der Waals surface area contributed by atoms with Gasteiger partial charge in [-0.1, -0.05) is 18.5 Å². The Bertz CT molecular complexity index is 219. The molecule has 55 valence electrons. The highest BCUT2D eigenvalue weighted by Gasteiger charge is 2.05. The Morgan fingerprint density at radius 2 is 2.40 bits per heavy atom. The molecule has 0 saturated carbocycles. The van der Waals surface area contributed by atoms with Gasteiger partial charge in [0.15, 0.2) is 0 Å². The van der Waals surface area contributed by atoms with Crippen LogP contribution in [0.5, 0.6) is 0 Å². The van der Waals surface area contributed by atoms with Gasteiger partial charge in [0.25, 0.3) is 0 Å². The van der Waals surface area contributed by atoms with Crippen molar-refractivity contribution in [2.24, 2.45) is 0 Å². The maximum Gasteiger partial charge on any atom is 0.0775 e. The van der Waals surface area contributed by atoms with Crippen LogP contribution in [0.4, 0.5) is 0 Å². The smallest absolute Gasteiger partial charge is 0.0775 e. The molecule has 1 aromatic heterocycles. The van der Waals surface area contributed by atoms with E-state index in [2.05, 4.69) is 10.8 Å². The number of nitrogens with zero attached hydrogens (tertiary/aromatic N) is 1. The zero-order chi connectivity index (χ0) is 7.56. The molecule has 0 spiro atoms. The van der Waals surface area contributed by atoms with Crippen molar-refractivity contribution in [3.63, 3.8) is 0 Å². The molecular weight excluding hydrogens is 166 g/mol. The molecule has 0 aliphatic heterocycles. The third-order valence-corrected chi connectivity index (χ3v) is 2.81. The van der Waals surface area contributed by atoms with Gasteiger partial charge < -0.3 is 0 Å². The van der Waals surface area contributed by atoms with Gasteiger partial charge in [0.1, 0.15) is 0 Å². The van der Waals surface area contributed by atoms with Gasteiger partial charge in [-0.05, 0) is 31.3 Å². The molecule has 0 amide bonds. The average Bonchev–Trinajstić information content (AvgIpc) is 2.20. The standard InChI is InChI=1S/C7H9ClNS/c1-3-4-6-7(8)5(2)9-10-6/h3H,4H2,1-2H3. The molecule has 1 nitrogen and oxygen atoms in total. The Balaban J connectivity index is 2.83. The van der Waals surface area contributed by atoms with E-state index in [0.29, 0.717) is 0 Å². The molecule has 0 aliphatic carbocycles. The van der Waals surface area contributed by atoms with Crippen LogP contribution in [0.2, 0.25) is 5.02 Å². The highest BCUT2D eigenvalue weighted by Crippen LogP contribution is 2.24. The Morgan fingerprint density at radius 1 is 1.70 bits per heavy atom. The van der Waals surface area contributed by atoms with Crippen molar-refractivity contribution >= 4 is 23.1 Å². The lowest BCUT2D eigenvalue weighted by atomic mass is 10.3. The van der Waals surface area contributed by atoms with Crippen LogP contribution in [0.3, 0.4) is 0 Å². The summed E-state index contributed by atoms with van der Waals surface area (Å²) in [5.41, 5.74) is 0.948. The molecule has 1 aromatic rings. The minimum atomic E-state index is 0.836. The lowest BCUT2D eigenvalue weighted by molar-refractivity contribution is 1.18. The lowest BCUT2D eigenvalue weighted by Gasteiger charge is -1.90. The van der Waals surface area contributed by atoms with Crippen LogP contribution in [0.15, 0.2) is 0 Å². The molecule has 0 aromatic carbocycles. The van der Waals surface area contributed by atoms with Crippen LogP contribution in [0.1, 0.15) is 17.5 Å². The molecular formula is C7H9ClNS. The van der Waals surface area contributed by atoms with Gasteiger partial charge in [0, 0.05) is 4.88 Å². The topological polar surface area (TPSA) is 12.9 Å². The second kappa shape index (κ2) is 3.35. The molecule has 1 rings (SSSR count). The van der Waals surface area contributed by atoms with Gasteiger partial charge in [0.05, 0.1) is 10.7 Å². The Labute approximate surface area is 70.2 Å². The van der Waals surface area contributed by atoms with Crippen molar-refractivity contribution in [2.45, 2.75) is 20.3 Å². The number of aromatic nitrogens is 1. The molecule has 0 atom stereocenters. The predicted octanol–water partition coefficient (Wildman–Crippen LogP) is 2.87. The summed E-state index contributed by atoms with van der Waals surface area (Å²) in [7, 11) is 0. The number of hydrogen-bond acceptors (Lipinski definition) is 2. The van der Waals surface area contributed by atoms with E-state index >= 15 is 0 Å². The third kappa shape index (κ3) is 1.50. The summed E-state index contributed by atoms with van der Waals surface area (Å²) < 4.78 is 4.12. The largest absolute Gasteiger partial charge is 0.196 e. The van der Waals surface area contributed by atoms with Crippen LogP contribution < -0.4 is 0 Å². The van der Waals surface area contributed by atoms with Crippen molar-refractivity contribution < 1.29 is 0 Å². The molecule has 3 heteroatoms.